The van der Waals surface area contributed by atoms with E-state index < -0.39 is 10.0 Å². The van der Waals surface area contributed by atoms with Crippen molar-refractivity contribution in [1.29, 1.82) is 0 Å². The van der Waals surface area contributed by atoms with Gasteiger partial charge < -0.3 is 5.32 Å². The summed E-state index contributed by atoms with van der Waals surface area (Å²) in [7, 11) is -3.44. The maximum Gasteiger partial charge on any atom is 0.251 e. The van der Waals surface area contributed by atoms with Crippen LogP contribution in [-0.2, 0) is 28.9 Å². The molecule has 0 atom stereocenters. The molecule has 0 aliphatic heterocycles. The Hall–Kier alpha value is -2.22. The van der Waals surface area contributed by atoms with Gasteiger partial charge in [-0.25, -0.2) is 13.1 Å². The van der Waals surface area contributed by atoms with Gasteiger partial charge in [0.25, 0.3) is 5.91 Å². The molecule has 7 heteroatoms. The normalized spacial score (nSPS) is 12.0. The number of hydrogen-bond donors (Lipinski definition) is 2. The summed E-state index contributed by atoms with van der Waals surface area (Å²) >= 11 is 0. The maximum atomic E-state index is 12.6. The fourth-order valence-corrected chi connectivity index (χ4v) is 4.90. The van der Waals surface area contributed by atoms with Gasteiger partial charge in [-0.2, -0.15) is 0 Å². The molecule has 6 nitrogen and oxygen atoms in total. The van der Waals surface area contributed by atoms with E-state index in [0.717, 1.165) is 18.7 Å². The summed E-state index contributed by atoms with van der Waals surface area (Å²) in [5.74, 6) is -0.295. The number of rotatable bonds is 11. The second-order valence-corrected chi connectivity index (χ2v) is 10.1. The molecule has 0 aliphatic carbocycles. The molecule has 0 bridgehead atoms. The molecule has 31 heavy (non-hydrogen) atoms. The Kier molecular flexibility index (Phi) is 9.22. The lowest BCUT2D eigenvalue weighted by Crippen LogP contribution is -2.32. The lowest BCUT2D eigenvalue weighted by molar-refractivity contribution is 0.0951. The van der Waals surface area contributed by atoms with Gasteiger partial charge in [-0.3, -0.25) is 9.69 Å². The Morgan fingerprint density at radius 1 is 0.968 bits per heavy atom. The van der Waals surface area contributed by atoms with Gasteiger partial charge in [0.05, 0.1) is 5.75 Å². The summed E-state index contributed by atoms with van der Waals surface area (Å²) in [6.45, 7) is 12.2. The number of carbonyl (C=O) groups excluding carboxylic acids is 1. The Bertz CT molecular complexity index is 954. The van der Waals surface area contributed by atoms with Crippen molar-refractivity contribution >= 4 is 15.9 Å². The maximum absolute atomic E-state index is 12.6. The van der Waals surface area contributed by atoms with Crippen LogP contribution < -0.4 is 10.0 Å². The van der Waals surface area contributed by atoms with Gasteiger partial charge in [0, 0.05) is 30.7 Å². The first-order valence-corrected chi connectivity index (χ1v) is 12.4. The lowest BCUT2D eigenvalue weighted by atomic mass is 10.1. The minimum atomic E-state index is -3.44. The topological polar surface area (TPSA) is 78.5 Å². The first kappa shape index (κ1) is 25.0. The van der Waals surface area contributed by atoms with E-state index in [1.807, 2.05) is 36.4 Å². The van der Waals surface area contributed by atoms with Crippen LogP contribution in [-0.4, -0.2) is 37.9 Å². The highest BCUT2D eigenvalue weighted by Gasteiger charge is 2.16. The summed E-state index contributed by atoms with van der Waals surface area (Å²) in [6, 6.07) is 15.2. The van der Waals surface area contributed by atoms with Crippen molar-refractivity contribution in [1.82, 2.24) is 14.9 Å². The molecule has 0 saturated carbocycles. The van der Waals surface area contributed by atoms with Crippen molar-refractivity contribution in [2.45, 2.75) is 65.5 Å². The van der Waals surface area contributed by atoms with E-state index in [1.54, 1.807) is 26.0 Å². The Labute approximate surface area is 187 Å². The predicted octanol–water partition coefficient (Wildman–Crippen LogP) is 3.67. The number of hydrogen-bond acceptors (Lipinski definition) is 4. The highest BCUT2D eigenvalue weighted by atomic mass is 32.2. The van der Waals surface area contributed by atoms with Crippen LogP contribution in [0.4, 0.5) is 0 Å². The second kappa shape index (κ2) is 11.4. The van der Waals surface area contributed by atoms with Gasteiger partial charge in [0.15, 0.2) is 0 Å². The Morgan fingerprint density at radius 3 is 2.13 bits per heavy atom. The van der Waals surface area contributed by atoms with Crippen molar-refractivity contribution < 1.29 is 13.2 Å². The highest BCUT2D eigenvalue weighted by Crippen LogP contribution is 2.14. The summed E-state index contributed by atoms with van der Waals surface area (Å²) in [5.41, 5.74) is 3.22. The van der Waals surface area contributed by atoms with Crippen LogP contribution in [0.5, 0.6) is 0 Å². The molecule has 0 fully saturated rings. The molecule has 0 aliphatic rings. The smallest absolute Gasteiger partial charge is 0.251 e. The summed E-state index contributed by atoms with van der Waals surface area (Å²) < 4.78 is 27.2. The summed E-state index contributed by atoms with van der Waals surface area (Å²) in [6.07, 6.45) is 0. The molecule has 0 spiro atoms. The first-order chi connectivity index (χ1) is 14.6. The Morgan fingerprint density at radius 2 is 1.58 bits per heavy atom. The molecule has 2 aromatic rings. The fourth-order valence-electron chi connectivity index (χ4n) is 3.41. The molecular weight excluding hydrogens is 410 g/mol. The van der Waals surface area contributed by atoms with Crippen molar-refractivity contribution in [2.75, 3.05) is 6.54 Å². The zero-order valence-corrected chi connectivity index (χ0v) is 20.0. The minimum absolute atomic E-state index is 0.115. The Balaban J connectivity index is 2.02. The molecule has 0 aromatic heterocycles. The van der Waals surface area contributed by atoms with Crippen LogP contribution in [0.15, 0.2) is 48.5 Å². The molecule has 0 saturated heterocycles. The van der Waals surface area contributed by atoms with Gasteiger partial charge in [-0.15, -0.1) is 0 Å². The molecule has 170 valence electrons. The van der Waals surface area contributed by atoms with Crippen molar-refractivity contribution in [3.8, 4) is 0 Å². The number of sulfonamides is 1. The van der Waals surface area contributed by atoms with E-state index in [2.05, 4.69) is 35.7 Å². The summed E-state index contributed by atoms with van der Waals surface area (Å²) in [4.78, 5) is 15.0. The number of benzene rings is 2. The number of nitrogens with one attached hydrogen (secondary N) is 2. The fraction of sp³-hybridized carbons (Fsp3) is 0.458. The van der Waals surface area contributed by atoms with Gasteiger partial charge in [0.1, 0.15) is 0 Å². The molecule has 0 unspecified atom stereocenters. The van der Waals surface area contributed by atoms with E-state index in [4.69, 9.17) is 0 Å². The van der Waals surface area contributed by atoms with E-state index >= 15 is 0 Å². The SMILES string of the molecule is CCN(Cc1ccc(C(=O)NCc2ccccc2CS(=O)(=O)NC(C)C)cc1)C(C)C. The van der Waals surface area contributed by atoms with Crippen LogP contribution in [0.2, 0.25) is 0 Å². The molecule has 1 amide bonds. The standard InChI is InChI=1S/C24H35N3O3S/c1-6-27(19(4)5)16-20-11-13-21(14-12-20)24(28)25-15-22-9-7-8-10-23(22)17-31(29,30)26-18(2)3/h7-14,18-19,26H,6,15-17H2,1-5H3,(H,25,28). The first-order valence-electron chi connectivity index (χ1n) is 10.8. The molecule has 0 heterocycles. The third-order valence-corrected chi connectivity index (χ3v) is 6.58. The number of nitrogens with zero attached hydrogens (tertiary/aromatic N) is 1. The van der Waals surface area contributed by atoms with Crippen molar-refractivity contribution in [3.63, 3.8) is 0 Å². The molecule has 2 aromatic carbocycles. The van der Waals surface area contributed by atoms with E-state index in [-0.39, 0.29) is 24.2 Å². The van der Waals surface area contributed by atoms with Crippen molar-refractivity contribution in [2.24, 2.45) is 0 Å². The monoisotopic (exact) mass is 445 g/mol. The zero-order chi connectivity index (χ0) is 23.0. The van der Waals surface area contributed by atoms with E-state index in [0.29, 0.717) is 17.2 Å². The number of amides is 1. The van der Waals surface area contributed by atoms with Crippen LogP contribution in [0.25, 0.3) is 0 Å². The summed E-state index contributed by atoms with van der Waals surface area (Å²) in [5, 5.41) is 2.91. The number of carbonyl (C=O) groups is 1. The van der Waals surface area contributed by atoms with Crippen LogP contribution in [0.3, 0.4) is 0 Å². The highest BCUT2D eigenvalue weighted by molar-refractivity contribution is 7.88. The third-order valence-electron chi connectivity index (χ3n) is 5.06. The van der Waals surface area contributed by atoms with Gasteiger partial charge in [-0.05, 0) is 63.1 Å². The third kappa shape index (κ3) is 8.09. The van der Waals surface area contributed by atoms with Gasteiger partial charge in [0.2, 0.25) is 10.0 Å². The lowest BCUT2D eigenvalue weighted by Gasteiger charge is -2.24. The predicted molar refractivity (Wildman–Crippen MR) is 126 cm³/mol. The zero-order valence-electron chi connectivity index (χ0n) is 19.2. The van der Waals surface area contributed by atoms with Crippen LogP contribution in [0, 0.1) is 0 Å². The van der Waals surface area contributed by atoms with Crippen LogP contribution >= 0.6 is 0 Å². The molecule has 2 rings (SSSR count). The average molecular weight is 446 g/mol. The minimum Gasteiger partial charge on any atom is -0.348 e. The van der Waals surface area contributed by atoms with Crippen LogP contribution in [0.1, 0.15) is 61.7 Å². The van der Waals surface area contributed by atoms with E-state index in [1.165, 1.54) is 5.56 Å². The largest absolute Gasteiger partial charge is 0.348 e. The second-order valence-electron chi connectivity index (χ2n) is 8.34. The van der Waals surface area contributed by atoms with Crippen molar-refractivity contribution in [3.05, 3.63) is 70.8 Å². The molecular formula is C24H35N3O3S. The molecule has 0 radical (unpaired) electrons. The average Bonchev–Trinajstić information content (AvgIpc) is 2.70. The molecule has 2 N–H and O–H groups in total. The van der Waals surface area contributed by atoms with Gasteiger partial charge >= 0.3 is 0 Å². The van der Waals surface area contributed by atoms with Gasteiger partial charge in [-0.1, -0.05) is 43.3 Å². The quantitative estimate of drug-likeness (QED) is 0.553. The van der Waals surface area contributed by atoms with E-state index in [9.17, 15) is 13.2 Å².